The minimum absolute atomic E-state index is 0.0678. The second kappa shape index (κ2) is 10.0. The number of halogens is 3. The molecule has 2 saturated heterocycles. The van der Waals surface area contributed by atoms with E-state index in [9.17, 15) is 22.8 Å². The largest absolute Gasteiger partial charge is 0.350 e. The molecule has 0 aromatic heterocycles. The third kappa shape index (κ3) is 5.34. The summed E-state index contributed by atoms with van der Waals surface area (Å²) in [6.07, 6.45) is 0. The van der Waals surface area contributed by atoms with Crippen molar-refractivity contribution in [3.8, 4) is 0 Å². The first-order valence-corrected chi connectivity index (χ1v) is 11.2. The minimum atomic E-state index is -1.26. The molecule has 2 N–H and O–H groups in total. The first kappa shape index (κ1) is 24.0. The molecule has 0 radical (unpaired) electrons. The number of likely N-dealkylation sites (tertiary alicyclic amines) is 1. The number of piperazine rings is 1. The lowest BCUT2D eigenvalue weighted by molar-refractivity contribution is -0.124. The Morgan fingerprint density at radius 2 is 1.71 bits per heavy atom. The van der Waals surface area contributed by atoms with Gasteiger partial charge in [0.25, 0.3) is 5.91 Å². The fourth-order valence-corrected chi connectivity index (χ4v) is 4.10. The lowest BCUT2D eigenvalue weighted by Gasteiger charge is -2.40. The smallest absolute Gasteiger partial charge is 0.256 e. The summed E-state index contributed by atoms with van der Waals surface area (Å²) in [7, 11) is 2.04. The van der Waals surface area contributed by atoms with Crippen LogP contribution in [-0.2, 0) is 4.79 Å². The SMILES string of the molecule is Cc1ccc(Nc2c(C(=O)N3CC(NC(=O)CN4CCN(C)CC4)C3)ccc(F)c2F)c(F)c1. The Kier molecular flexibility index (Phi) is 7.08. The number of anilines is 2. The summed E-state index contributed by atoms with van der Waals surface area (Å²) in [6.45, 7) is 5.99. The van der Waals surface area contributed by atoms with Crippen LogP contribution in [0.2, 0.25) is 0 Å². The highest BCUT2D eigenvalue weighted by atomic mass is 19.2. The van der Waals surface area contributed by atoms with Crippen LogP contribution < -0.4 is 10.6 Å². The molecule has 0 aliphatic carbocycles. The van der Waals surface area contributed by atoms with Crippen LogP contribution in [0.1, 0.15) is 15.9 Å². The summed E-state index contributed by atoms with van der Waals surface area (Å²) >= 11 is 0. The second-order valence-electron chi connectivity index (χ2n) is 8.95. The maximum absolute atomic E-state index is 14.6. The predicted octanol–water partition coefficient (Wildman–Crippen LogP) is 2.34. The summed E-state index contributed by atoms with van der Waals surface area (Å²) < 4.78 is 42.8. The number of carbonyl (C=O) groups is 2. The van der Waals surface area contributed by atoms with Crippen LogP contribution >= 0.6 is 0 Å². The van der Waals surface area contributed by atoms with E-state index in [1.54, 1.807) is 13.0 Å². The van der Waals surface area contributed by atoms with Gasteiger partial charge in [-0.3, -0.25) is 14.5 Å². The van der Waals surface area contributed by atoms with Crippen LogP contribution in [0, 0.1) is 24.4 Å². The molecule has 10 heteroatoms. The van der Waals surface area contributed by atoms with E-state index in [0.29, 0.717) is 12.1 Å². The zero-order valence-corrected chi connectivity index (χ0v) is 19.2. The van der Waals surface area contributed by atoms with Crippen LogP contribution in [0.15, 0.2) is 30.3 Å². The predicted molar refractivity (Wildman–Crippen MR) is 123 cm³/mol. The molecule has 34 heavy (non-hydrogen) atoms. The molecule has 2 fully saturated rings. The fraction of sp³-hybridized carbons (Fsp3) is 0.417. The maximum Gasteiger partial charge on any atom is 0.256 e. The fourth-order valence-electron chi connectivity index (χ4n) is 4.10. The average Bonchev–Trinajstić information content (AvgIpc) is 2.76. The van der Waals surface area contributed by atoms with Crippen molar-refractivity contribution >= 4 is 23.2 Å². The lowest BCUT2D eigenvalue weighted by Crippen LogP contribution is -2.62. The number of amides is 2. The van der Waals surface area contributed by atoms with Crippen molar-refractivity contribution in [3.63, 3.8) is 0 Å². The number of likely N-dealkylation sites (N-methyl/N-ethyl adjacent to an activating group) is 1. The van der Waals surface area contributed by atoms with Gasteiger partial charge in [-0.25, -0.2) is 13.2 Å². The van der Waals surface area contributed by atoms with Gasteiger partial charge < -0.3 is 20.4 Å². The Morgan fingerprint density at radius 1 is 1.00 bits per heavy atom. The highest BCUT2D eigenvalue weighted by Gasteiger charge is 2.34. The molecule has 2 aromatic rings. The van der Waals surface area contributed by atoms with E-state index in [-0.39, 0.29) is 36.3 Å². The Labute approximate surface area is 196 Å². The van der Waals surface area contributed by atoms with Crippen molar-refractivity contribution in [1.29, 1.82) is 0 Å². The van der Waals surface area contributed by atoms with Crippen molar-refractivity contribution < 1.29 is 22.8 Å². The summed E-state index contributed by atoms with van der Waals surface area (Å²) in [5.41, 5.74) is 0.0681. The zero-order valence-electron chi connectivity index (χ0n) is 19.2. The molecule has 0 unspecified atom stereocenters. The molecular formula is C24H28F3N5O2. The number of benzene rings is 2. The van der Waals surface area contributed by atoms with Crippen molar-refractivity contribution in [2.24, 2.45) is 0 Å². The topological polar surface area (TPSA) is 67.9 Å². The highest BCUT2D eigenvalue weighted by molar-refractivity contribution is 6.01. The molecule has 0 saturated carbocycles. The molecule has 182 valence electrons. The van der Waals surface area contributed by atoms with Crippen LogP contribution in [0.25, 0.3) is 0 Å². The van der Waals surface area contributed by atoms with Gasteiger partial charge in [0.1, 0.15) is 5.82 Å². The van der Waals surface area contributed by atoms with Gasteiger partial charge in [-0.05, 0) is 43.8 Å². The highest BCUT2D eigenvalue weighted by Crippen LogP contribution is 2.30. The lowest BCUT2D eigenvalue weighted by atomic mass is 10.0. The van der Waals surface area contributed by atoms with E-state index in [1.807, 2.05) is 7.05 Å². The van der Waals surface area contributed by atoms with Crippen LogP contribution in [0.4, 0.5) is 24.5 Å². The van der Waals surface area contributed by atoms with Crippen molar-refractivity contribution in [2.45, 2.75) is 13.0 Å². The standard InChI is InChI=1S/C24H28F3N5O2/c1-15-3-6-20(19(26)11-15)29-23-17(4-5-18(25)22(23)27)24(34)32-12-16(13-32)28-21(33)14-31-9-7-30(2)8-10-31/h3-6,11,16,29H,7-10,12-14H2,1-2H3,(H,28,33). The molecule has 2 aromatic carbocycles. The van der Waals surface area contributed by atoms with E-state index in [2.05, 4.69) is 20.4 Å². The molecule has 2 aliphatic heterocycles. The van der Waals surface area contributed by atoms with Gasteiger partial charge in [-0.2, -0.15) is 0 Å². The van der Waals surface area contributed by atoms with Gasteiger partial charge in [0.05, 0.1) is 29.5 Å². The molecule has 2 amide bonds. The Balaban J connectivity index is 1.38. The molecular weight excluding hydrogens is 447 g/mol. The van der Waals surface area contributed by atoms with Gasteiger partial charge in [-0.15, -0.1) is 0 Å². The van der Waals surface area contributed by atoms with Gasteiger partial charge in [0, 0.05) is 39.3 Å². The first-order valence-electron chi connectivity index (χ1n) is 11.2. The number of nitrogens with one attached hydrogen (secondary N) is 2. The van der Waals surface area contributed by atoms with Crippen molar-refractivity contribution in [2.75, 3.05) is 58.2 Å². The molecule has 2 aliphatic rings. The van der Waals surface area contributed by atoms with Crippen LogP contribution in [-0.4, -0.2) is 85.4 Å². The minimum Gasteiger partial charge on any atom is -0.350 e. The summed E-state index contributed by atoms with van der Waals surface area (Å²) in [5, 5.41) is 5.45. The Bertz CT molecular complexity index is 1080. The molecule has 0 bridgehead atoms. The molecule has 0 atom stereocenters. The molecule has 4 rings (SSSR count). The number of aryl methyl sites for hydroxylation is 1. The van der Waals surface area contributed by atoms with Crippen LogP contribution in [0.5, 0.6) is 0 Å². The molecule has 0 spiro atoms. The monoisotopic (exact) mass is 475 g/mol. The van der Waals surface area contributed by atoms with E-state index in [1.165, 1.54) is 23.1 Å². The molecule has 2 heterocycles. The Morgan fingerprint density at radius 3 is 2.38 bits per heavy atom. The van der Waals surface area contributed by atoms with Gasteiger partial charge in [0.15, 0.2) is 11.6 Å². The summed E-state index contributed by atoms with van der Waals surface area (Å²) in [5.74, 6) is -3.69. The number of rotatable bonds is 6. The maximum atomic E-state index is 14.6. The van der Waals surface area contributed by atoms with E-state index >= 15 is 0 Å². The third-order valence-corrected chi connectivity index (χ3v) is 6.21. The van der Waals surface area contributed by atoms with Gasteiger partial charge in [0.2, 0.25) is 5.91 Å². The zero-order chi connectivity index (χ0) is 24.4. The molecule has 7 nitrogen and oxygen atoms in total. The summed E-state index contributed by atoms with van der Waals surface area (Å²) in [6, 6.07) is 6.11. The number of hydrogen-bond donors (Lipinski definition) is 2. The quantitative estimate of drug-likeness (QED) is 0.672. The number of carbonyl (C=O) groups excluding carboxylic acids is 2. The van der Waals surface area contributed by atoms with E-state index in [4.69, 9.17) is 0 Å². The normalized spacial score (nSPS) is 17.4. The third-order valence-electron chi connectivity index (χ3n) is 6.21. The Hall–Kier alpha value is -3.11. The van der Waals surface area contributed by atoms with Gasteiger partial charge >= 0.3 is 0 Å². The number of nitrogens with zero attached hydrogens (tertiary/aromatic N) is 3. The average molecular weight is 476 g/mol. The van der Waals surface area contributed by atoms with Gasteiger partial charge in [-0.1, -0.05) is 6.07 Å². The van der Waals surface area contributed by atoms with Crippen molar-refractivity contribution in [1.82, 2.24) is 20.0 Å². The van der Waals surface area contributed by atoms with Crippen LogP contribution in [0.3, 0.4) is 0 Å². The number of hydrogen-bond acceptors (Lipinski definition) is 5. The first-order chi connectivity index (χ1) is 16.2. The van der Waals surface area contributed by atoms with E-state index in [0.717, 1.165) is 32.2 Å². The van der Waals surface area contributed by atoms with Crippen molar-refractivity contribution in [3.05, 3.63) is 58.9 Å². The summed E-state index contributed by atoms with van der Waals surface area (Å²) in [4.78, 5) is 31.1. The second-order valence-corrected chi connectivity index (χ2v) is 8.95. The van der Waals surface area contributed by atoms with E-state index < -0.39 is 29.0 Å².